The molecular formula is C58H58Br2Cl4O15. The molecule has 0 saturated carbocycles. The van der Waals surface area contributed by atoms with Crippen molar-refractivity contribution in [3.63, 3.8) is 0 Å². The number of alkyl halides is 4. The number of hydrogen-bond donors (Lipinski definition) is 3. The summed E-state index contributed by atoms with van der Waals surface area (Å²) in [5.74, 6) is 9.41. The lowest BCUT2D eigenvalue weighted by molar-refractivity contribution is 0.0691. The fraction of sp³-hybridized carbons (Fsp3) is 0.345. The van der Waals surface area contributed by atoms with Gasteiger partial charge < -0.3 is 62.7 Å². The lowest BCUT2D eigenvalue weighted by atomic mass is 10.00. The number of carboxylic acid groups (broad SMARTS) is 1. The maximum atomic E-state index is 11.2. The largest absolute Gasteiger partial charge is 0.508 e. The summed E-state index contributed by atoms with van der Waals surface area (Å²) in [4.78, 5) is 22.2. The lowest BCUT2D eigenvalue weighted by Gasteiger charge is -2.11. The van der Waals surface area contributed by atoms with Crippen molar-refractivity contribution in [1.29, 1.82) is 0 Å². The number of hydrogen-bond acceptors (Lipinski definition) is 14. The van der Waals surface area contributed by atoms with E-state index in [1.165, 1.54) is 35.4 Å². The summed E-state index contributed by atoms with van der Waals surface area (Å²) in [5, 5.41) is 26.5. The molecule has 15 nitrogen and oxygen atoms in total. The van der Waals surface area contributed by atoms with Gasteiger partial charge in [0.05, 0.1) is 77.7 Å². The van der Waals surface area contributed by atoms with Gasteiger partial charge in [-0.1, -0.05) is 0 Å². The zero-order valence-electron chi connectivity index (χ0n) is 42.8. The number of carboxylic acids is 1. The first-order valence-corrected chi connectivity index (χ1v) is 29.0. The van der Waals surface area contributed by atoms with Crippen LogP contribution in [0.15, 0.2) is 93.9 Å². The molecule has 6 aromatic carbocycles. The van der Waals surface area contributed by atoms with Crippen LogP contribution in [-0.4, -0.2) is 117 Å². The van der Waals surface area contributed by atoms with Gasteiger partial charge in [-0.15, -0.1) is 46.4 Å². The first kappa shape index (κ1) is 60.8. The normalized spacial score (nSPS) is 13.6. The van der Waals surface area contributed by atoms with E-state index >= 15 is 0 Å². The van der Waals surface area contributed by atoms with Crippen molar-refractivity contribution >= 4 is 90.5 Å². The van der Waals surface area contributed by atoms with E-state index in [0.29, 0.717) is 99.7 Å². The predicted octanol–water partition coefficient (Wildman–Crippen LogP) is 12.6. The molecule has 6 aromatic rings. The van der Waals surface area contributed by atoms with E-state index in [0.717, 1.165) is 135 Å². The quantitative estimate of drug-likeness (QED) is 0.0531. The monoisotopic (exact) mass is 1290 g/mol. The summed E-state index contributed by atoms with van der Waals surface area (Å²) in [6.07, 6.45) is 6.09. The molecule has 0 aromatic heterocycles. The maximum absolute atomic E-state index is 11.2. The number of halogens is 6. The molecule has 21 heteroatoms. The minimum absolute atomic E-state index is 0.169. The Morgan fingerprint density at radius 1 is 0.481 bits per heavy atom. The fourth-order valence-electron chi connectivity index (χ4n) is 8.63. The molecule has 0 saturated heterocycles. The van der Waals surface area contributed by atoms with Crippen LogP contribution in [0.3, 0.4) is 0 Å². The highest BCUT2D eigenvalue weighted by Crippen LogP contribution is 2.42. The molecule has 0 aliphatic carbocycles. The van der Waals surface area contributed by atoms with Gasteiger partial charge in [0.1, 0.15) is 101 Å². The van der Waals surface area contributed by atoms with Crippen LogP contribution in [-0.2, 0) is 38.5 Å². The summed E-state index contributed by atoms with van der Waals surface area (Å²) in [7, 11) is 0. The number of rotatable bonds is 14. The Balaban J connectivity index is 0.000000138. The standard InChI is InChI=1S/C11H10O4.C11H10O3.C10H10Br2Cl2O2.C10H12Cl2O2.C10H10O2.C6H6O2/c12-11(13)9-7-2-4-14-8(7)5-6-1-3-15-10(6)9;12-6-9-8-2-4-13-10(8)5-7-1-3-14-11(7)9;11-7-6-10(16-4-2-14)8(12)5-9(7)15-3-1-13;11-5-7-13-9-1-2-10(4-3-9)14-8-6-12;1-3-11-9-6-8-2-4-12-10(8)5-7(1)9;7-5-1-2-6(8)4-3-5/h5H,1-4H2,(H,12,13);5-6H,1-4H2;5-6H,1-4H2;1-4H,5-8H2;5-6H,1-4H2;1-4,7-8H. The van der Waals surface area contributed by atoms with Crippen LogP contribution in [0, 0.1) is 0 Å². The third-order valence-corrected chi connectivity index (χ3v) is 14.1. The second-order valence-electron chi connectivity index (χ2n) is 17.4. The van der Waals surface area contributed by atoms with Gasteiger partial charge in [0.25, 0.3) is 0 Å². The van der Waals surface area contributed by atoms with Crippen molar-refractivity contribution in [2.75, 3.05) is 89.6 Å². The maximum Gasteiger partial charge on any atom is 0.339 e. The Morgan fingerprint density at radius 2 is 0.848 bits per heavy atom. The van der Waals surface area contributed by atoms with E-state index in [4.69, 9.17) is 104 Å². The summed E-state index contributed by atoms with van der Waals surface area (Å²) >= 11 is 28.9. The Hall–Kier alpha value is -5.82. The number of carbonyl (C=O) groups excluding carboxylic acids is 1. The number of carbonyl (C=O) groups is 2. The van der Waals surface area contributed by atoms with Gasteiger partial charge in [0, 0.05) is 71.9 Å². The molecule has 6 aliphatic rings. The van der Waals surface area contributed by atoms with Crippen LogP contribution in [0.2, 0.25) is 0 Å². The van der Waals surface area contributed by atoms with E-state index in [1.807, 2.05) is 48.5 Å². The van der Waals surface area contributed by atoms with Crippen LogP contribution < -0.4 is 47.4 Å². The highest BCUT2D eigenvalue weighted by molar-refractivity contribution is 9.11. The molecule has 0 fully saturated rings. The molecule has 3 N–H and O–H groups in total. The van der Waals surface area contributed by atoms with Gasteiger partial charge in [-0.3, -0.25) is 4.79 Å². The number of benzene rings is 6. The fourth-order valence-corrected chi connectivity index (χ4v) is 9.81. The Morgan fingerprint density at radius 3 is 1.30 bits per heavy atom. The summed E-state index contributed by atoms with van der Waals surface area (Å²) in [6, 6.07) is 24.9. The van der Waals surface area contributed by atoms with Crippen molar-refractivity contribution in [3.05, 3.63) is 138 Å². The summed E-state index contributed by atoms with van der Waals surface area (Å²) < 4.78 is 55.7. The number of aromatic hydroxyl groups is 2. The molecule has 0 bridgehead atoms. The Bertz CT molecular complexity index is 2780. The van der Waals surface area contributed by atoms with E-state index in [-0.39, 0.29) is 11.5 Å². The average molecular weight is 1300 g/mol. The van der Waals surface area contributed by atoms with E-state index in [9.17, 15) is 14.7 Å². The van der Waals surface area contributed by atoms with Crippen LogP contribution in [0.5, 0.6) is 69.0 Å². The number of aromatic carboxylic acids is 1. The third kappa shape index (κ3) is 17.1. The highest BCUT2D eigenvalue weighted by atomic mass is 79.9. The smallest absolute Gasteiger partial charge is 0.339 e. The molecule has 6 aliphatic heterocycles. The second kappa shape index (κ2) is 31.2. The molecule has 12 rings (SSSR count). The lowest BCUT2D eigenvalue weighted by Crippen LogP contribution is -2.04. The van der Waals surface area contributed by atoms with Crippen LogP contribution in [0.25, 0.3) is 0 Å². The minimum Gasteiger partial charge on any atom is -0.508 e. The average Bonchev–Trinajstić information content (AvgIpc) is 4.47. The van der Waals surface area contributed by atoms with Crippen LogP contribution >= 0.6 is 78.3 Å². The molecule has 79 heavy (non-hydrogen) atoms. The zero-order valence-corrected chi connectivity index (χ0v) is 49.0. The summed E-state index contributed by atoms with van der Waals surface area (Å²) in [6.45, 7) is 6.13. The minimum atomic E-state index is -0.921. The van der Waals surface area contributed by atoms with Crippen molar-refractivity contribution in [2.45, 2.75) is 38.5 Å². The van der Waals surface area contributed by atoms with Crippen molar-refractivity contribution in [1.82, 2.24) is 0 Å². The van der Waals surface area contributed by atoms with E-state index in [1.54, 1.807) is 0 Å². The molecule has 0 unspecified atom stereocenters. The summed E-state index contributed by atoms with van der Waals surface area (Å²) in [5.41, 5.74) is 7.46. The molecule has 422 valence electrons. The van der Waals surface area contributed by atoms with Crippen LogP contribution in [0.1, 0.15) is 54.1 Å². The number of ether oxygens (including phenoxy) is 10. The number of phenols is 2. The molecule has 6 heterocycles. The predicted molar refractivity (Wildman–Crippen MR) is 310 cm³/mol. The molecule has 0 radical (unpaired) electrons. The van der Waals surface area contributed by atoms with Crippen molar-refractivity contribution in [2.24, 2.45) is 0 Å². The number of aldehydes is 1. The molecule has 0 atom stereocenters. The highest BCUT2D eigenvalue weighted by Gasteiger charge is 2.30. The first-order valence-electron chi connectivity index (χ1n) is 25.3. The topological polar surface area (TPSA) is 187 Å². The third-order valence-electron chi connectivity index (χ3n) is 12.2. The number of phenolic OH excluding ortho intramolecular Hbond substituents is 2. The first-order chi connectivity index (χ1) is 38.4. The van der Waals surface area contributed by atoms with Gasteiger partial charge in [-0.25, -0.2) is 4.79 Å². The van der Waals surface area contributed by atoms with E-state index in [2.05, 4.69) is 44.0 Å². The molecule has 0 spiro atoms. The molecular weight excluding hydrogens is 1240 g/mol. The number of fused-ring (bicyclic) bond motifs is 6. The molecule has 0 amide bonds. The Kier molecular flexibility index (Phi) is 24.1. The second-order valence-corrected chi connectivity index (χ2v) is 20.6. The zero-order chi connectivity index (χ0) is 56.1. The van der Waals surface area contributed by atoms with Gasteiger partial charge in [-0.2, -0.15) is 0 Å². The van der Waals surface area contributed by atoms with Crippen LogP contribution in [0.4, 0.5) is 0 Å². The van der Waals surface area contributed by atoms with E-state index < -0.39 is 5.97 Å². The van der Waals surface area contributed by atoms with Gasteiger partial charge >= 0.3 is 5.97 Å². The van der Waals surface area contributed by atoms with Gasteiger partial charge in [0.15, 0.2) is 6.29 Å². The van der Waals surface area contributed by atoms with Crippen molar-refractivity contribution < 1.29 is 72.3 Å². The SMILES string of the molecule is ClCCOc1cc(Br)c(OCCCl)cc1Br.ClCCOc1ccc(OCCCl)cc1.O=C(O)c1c2c(cc3c1OCC3)OCC2.O=Cc1c2c(cc3c1OCC3)OCC2.Oc1ccc(O)cc1.c1c2c(cc3c1OCC3)OCC2. The van der Waals surface area contributed by atoms with Crippen molar-refractivity contribution in [3.8, 4) is 69.0 Å². The van der Waals surface area contributed by atoms with Gasteiger partial charge in [0.2, 0.25) is 0 Å². The Labute approximate surface area is 495 Å². The van der Waals surface area contributed by atoms with Gasteiger partial charge in [-0.05, 0) is 117 Å².